The van der Waals surface area contributed by atoms with Crippen molar-refractivity contribution in [2.45, 2.75) is 59.8 Å². The Morgan fingerprint density at radius 2 is 1.97 bits per heavy atom. The highest BCUT2D eigenvalue weighted by molar-refractivity contribution is 6.31. The molecule has 39 heavy (non-hydrogen) atoms. The standard InChI is InChI=1S/C22H31ClN2O2.C8H11NO.C2H6/c1-4-6-19(16(2)10-12-25-22(26)15-27-3)17-8-9-20(21(23)13-17)18-7-5-11-24-14-18;1-4-5-6-7-8(10)9(2)3;1-2/h4,6,8-9,13,18,24H,5,7,10-12,14-15H2,1-3H3,(H,25,26);6-7H,1-3H3;1-2H3/b6-4-,19-16-;7-6-;/t18-;;/m1../s1. The number of rotatable bonds is 9. The molecule has 0 spiro atoms. The van der Waals surface area contributed by atoms with Gasteiger partial charge in [-0.15, -0.1) is 5.92 Å². The van der Waals surface area contributed by atoms with Crippen molar-refractivity contribution >= 4 is 29.0 Å². The Morgan fingerprint density at radius 1 is 1.26 bits per heavy atom. The third-order valence-corrected chi connectivity index (χ3v) is 6.16. The molecule has 0 bridgehead atoms. The maximum atomic E-state index is 11.5. The minimum atomic E-state index is -0.0913. The van der Waals surface area contributed by atoms with Crippen molar-refractivity contribution in [2.24, 2.45) is 0 Å². The lowest BCUT2D eigenvalue weighted by molar-refractivity contribution is -0.125. The molecule has 1 fully saturated rings. The molecule has 2 rings (SSSR count). The molecule has 0 aromatic heterocycles. The molecule has 1 aliphatic heterocycles. The SMILES string of the molecule is C/C=C\C(=C(/C)CCNC(=O)COC)c1ccc([C@@H]2CCCNC2)c(Cl)c1.CC.CC#C/C=C\C(=O)N(C)C. The van der Waals surface area contributed by atoms with E-state index in [1.165, 1.54) is 42.1 Å². The van der Waals surface area contributed by atoms with Gasteiger partial charge in [0.1, 0.15) is 6.61 Å². The lowest BCUT2D eigenvalue weighted by atomic mass is 9.89. The summed E-state index contributed by atoms with van der Waals surface area (Å²) < 4.78 is 4.84. The number of halogens is 1. The van der Waals surface area contributed by atoms with Crippen molar-refractivity contribution in [1.29, 1.82) is 0 Å². The molecule has 1 aromatic rings. The summed E-state index contributed by atoms with van der Waals surface area (Å²) in [6, 6.07) is 6.42. The molecule has 1 atom stereocenters. The Morgan fingerprint density at radius 3 is 2.51 bits per heavy atom. The fourth-order valence-electron chi connectivity index (χ4n) is 3.85. The van der Waals surface area contributed by atoms with Crippen LogP contribution in [0.1, 0.15) is 70.9 Å². The first-order valence-electron chi connectivity index (χ1n) is 13.6. The monoisotopic (exact) mass is 557 g/mol. The van der Waals surface area contributed by atoms with Gasteiger partial charge in [0.05, 0.1) is 0 Å². The number of hydrogen-bond donors (Lipinski definition) is 2. The Bertz CT molecular complexity index is 1030. The topological polar surface area (TPSA) is 70.7 Å². The fraction of sp³-hybridized carbons (Fsp3) is 0.500. The first-order valence-corrected chi connectivity index (χ1v) is 14.0. The fourth-order valence-corrected chi connectivity index (χ4v) is 4.18. The number of likely N-dealkylation sites (N-methyl/N-ethyl adjacent to an activating group) is 1. The van der Waals surface area contributed by atoms with E-state index >= 15 is 0 Å². The van der Waals surface area contributed by atoms with Gasteiger partial charge in [-0.2, -0.15) is 0 Å². The molecular weight excluding hydrogens is 510 g/mol. The molecule has 0 aliphatic carbocycles. The van der Waals surface area contributed by atoms with E-state index in [2.05, 4.69) is 53.7 Å². The second-order valence-corrected chi connectivity index (χ2v) is 9.37. The Kier molecular flexibility index (Phi) is 20.4. The van der Waals surface area contributed by atoms with Crippen LogP contribution in [0.4, 0.5) is 0 Å². The molecular formula is C32H48ClN3O3. The Labute approximate surface area is 241 Å². The summed E-state index contributed by atoms with van der Waals surface area (Å²) in [5.41, 5.74) is 4.73. The first-order chi connectivity index (χ1) is 18.7. The molecule has 0 saturated carbocycles. The highest BCUT2D eigenvalue weighted by Gasteiger charge is 2.18. The summed E-state index contributed by atoms with van der Waals surface area (Å²) in [5, 5.41) is 7.16. The van der Waals surface area contributed by atoms with Gasteiger partial charge in [-0.3, -0.25) is 9.59 Å². The number of ether oxygens (including phenoxy) is 1. The quantitative estimate of drug-likeness (QED) is 0.222. The summed E-state index contributed by atoms with van der Waals surface area (Å²) in [6.07, 6.45) is 10.3. The highest BCUT2D eigenvalue weighted by Crippen LogP contribution is 2.33. The largest absolute Gasteiger partial charge is 0.375 e. The first kappa shape index (κ1) is 36.1. The number of hydrogen-bond acceptors (Lipinski definition) is 4. The van der Waals surface area contributed by atoms with Crippen molar-refractivity contribution in [2.75, 3.05) is 47.4 Å². The van der Waals surface area contributed by atoms with Crippen LogP contribution in [0.5, 0.6) is 0 Å². The molecule has 216 valence electrons. The van der Waals surface area contributed by atoms with Gasteiger partial charge in [-0.25, -0.2) is 0 Å². The zero-order chi connectivity index (χ0) is 29.6. The highest BCUT2D eigenvalue weighted by atomic mass is 35.5. The Balaban J connectivity index is 0.00000101. The van der Waals surface area contributed by atoms with Crippen LogP contribution in [-0.4, -0.2) is 64.2 Å². The van der Waals surface area contributed by atoms with Gasteiger partial charge in [-0.1, -0.05) is 61.2 Å². The number of piperidine rings is 1. The summed E-state index contributed by atoms with van der Waals surface area (Å²) in [4.78, 5) is 23.8. The number of benzene rings is 1. The average Bonchev–Trinajstić information content (AvgIpc) is 2.93. The molecule has 1 saturated heterocycles. The van der Waals surface area contributed by atoms with Gasteiger partial charge in [0.2, 0.25) is 11.8 Å². The number of allylic oxidation sites excluding steroid dienone is 4. The van der Waals surface area contributed by atoms with E-state index in [-0.39, 0.29) is 18.4 Å². The van der Waals surface area contributed by atoms with Crippen molar-refractivity contribution in [1.82, 2.24) is 15.5 Å². The van der Waals surface area contributed by atoms with Crippen molar-refractivity contribution in [3.8, 4) is 11.8 Å². The molecule has 1 aromatic carbocycles. The number of carbonyl (C=O) groups is 2. The number of nitrogens with one attached hydrogen (secondary N) is 2. The van der Waals surface area contributed by atoms with E-state index in [0.717, 1.165) is 35.7 Å². The minimum absolute atomic E-state index is 0.0391. The number of amides is 2. The molecule has 0 unspecified atom stereocenters. The molecule has 2 amide bonds. The lowest BCUT2D eigenvalue weighted by Gasteiger charge is -2.24. The summed E-state index contributed by atoms with van der Waals surface area (Å²) in [7, 11) is 4.92. The van der Waals surface area contributed by atoms with Crippen LogP contribution in [0.2, 0.25) is 5.02 Å². The van der Waals surface area contributed by atoms with Crippen LogP contribution < -0.4 is 10.6 Å². The van der Waals surface area contributed by atoms with E-state index in [9.17, 15) is 9.59 Å². The van der Waals surface area contributed by atoms with Gasteiger partial charge >= 0.3 is 0 Å². The summed E-state index contributed by atoms with van der Waals surface area (Å²) >= 11 is 6.65. The van der Waals surface area contributed by atoms with Gasteiger partial charge < -0.3 is 20.3 Å². The maximum absolute atomic E-state index is 11.5. The zero-order valence-corrected chi connectivity index (χ0v) is 25.9. The van der Waals surface area contributed by atoms with E-state index in [4.69, 9.17) is 16.3 Å². The normalized spacial score (nSPS) is 15.2. The summed E-state index contributed by atoms with van der Waals surface area (Å²) in [5.74, 6) is 5.67. The maximum Gasteiger partial charge on any atom is 0.246 e. The number of nitrogens with zero attached hydrogens (tertiary/aromatic N) is 1. The van der Waals surface area contributed by atoms with Crippen LogP contribution in [0, 0.1) is 11.8 Å². The third kappa shape index (κ3) is 14.8. The Hall–Kier alpha value is -2.85. The van der Waals surface area contributed by atoms with E-state index in [0.29, 0.717) is 12.5 Å². The van der Waals surface area contributed by atoms with Gasteiger partial charge in [0.25, 0.3) is 0 Å². The van der Waals surface area contributed by atoms with Crippen LogP contribution in [-0.2, 0) is 14.3 Å². The second kappa shape index (κ2) is 22.0. The summed E-state index contributed by atoms with van der Waals surface area (Å²) in [6.45, 7) is 12.6. The molecule has 0 radical (unpaired) electrons. The van der Waals surface area contributed by atoms with E-state index < -0.39 is 0 Å². The van der Waals surface area contributed by atoms with Crippen LogP contribution in [0.25, 0.3) is 5.57 Å². The number of methoxy groups -OCH3 is 1. The van der Waals surface area contributed by atoms with Gasteiger partial charge in [-0.05, 0) is 81.3 Å². The number of carbonyl (C=O) groups excluding carboxylic acids is 2. The second-order valence-electron chi connectivity index (χ2n) is 8.97. The lowest BCUT2D eigenvalue weighted by Crippen LogP contribution is -2.28. The smallest absolute Gasteiger partial charge is 0.246 e. The molecule has 1 heterocycles. The molecule has 2 N–H and O–H groups in total. The average molecular weight is 558 g/mol. The predicted molar refractivity (Wildman–Crippen MR) is 166 cm³/mol. The predicted octanol–water partition coefficient (Wildman–Crippen LogP) is 5.99. The van der Waals surface area contributed by atoms with Gasteiger partial charge in [0.15, 0.2) is 0 Å². The molecule has 6 nitrogen and oxygen atoms in total. The van der Waals surface area contributed by atoms with Crippen molar-refractivity contribution in [3.05, 3.63) is 64.2 Å². The zero-order valence-electron chi connectivity index (χ0n) is 25.1. The molecule has 1 aliphatic rings. The van der Waals surface area contributed by atoms with Crippen molar-refractivity contribution < 1.29 is 14.3 Å². The molecule has 7 heteroatoms. The van der Waals surface area contributed by atoms with Crippen molar-refractivity contribution in [3.63, 3.8) is 0 Å². The van der Waals surface area contributed by atoms with Gasteiger partial charge in [0, 0.05) is 45.4 Å². The van der Waals surface area contributed by atoms with Crippen LogP contribution in [0.3, 0.4) is 0 Å². The third-order valence-electron chi connectivity index (χ3n) is 5.83. The van der Waals surface area contributed by atoms with Crippen LogP contribution >= 0.6 is 11.6 Å². The van der Waals surface area contributed by atoms with E-state index in [1.54, 1.807) is 27.1 Å². The van der Waals surface area contributed by atoms with Crippen LogP contribution in [0.15, 0.2) is 48.1 Å². The van der Waals surface area contributed by atoms with E-state index in [1.807, 2.05) is 26.8 Å². The minimum Gasteiger partial charge on any atom is -0.375 e.